The van der Waals surface area contributed by atoms with Gasteiger partial charge in [0.2, 0.25) is 0 Å². The van der Waals surface area contributed by atoms with E-state index in [0.717, 1.165) is 12.1 Å². The molecule has 0 spiro atoms. The first-order valence-electron chi connectivity index (χ1n) is 10.0. The summed E-state index contributed by atoms with van der Waals surface area (Å²) >= 11 is 0. The van der Waals surface area contributed by atoms with Crippen molar-refractivity contribution in [1.82, 2.24) is 0 Å². The zero-order valence-electron chi connectivity index (χ0n) is 18.8. The number of halogens is 17. The lowest BCUT2D eigenvalue weighted by molar-refractivity contribution is -0.462. The standard InChI is InChI=1S/C20H17F17O/c1-3-4-10-5-7-11(8-6-10)12(38-2)9-13(21,22)14(23,24)15(25,26)16(27,28)17(29,30)18(31,32)19(33,34)20(35,36)37/h5-8,12H,3-4,9H2,1-2H3. The molecular formula is C20H17F17O. The van der Waals surface area contributed by atoms with Gasteiger partial charge >= 0.3 is 47.6 Å². The van der Waals surface area contributed by atoms with E-state index in [4.69, 9.17) is 0 Å². The summed E-state index contributed by atoms with van der Waals surface area (Å²) in [6, 6.07) is 4.42. The Kier molecular flexibility index (Phi) is 9.12. The van der Waals surface area contributed by atoms with Crippen LogP contribution in [0.5, 0.6) is 0 Å². The van der Waals surface area contributed by atoms with Gasteiger partial charge in [0, 0.05) is 13.5 Å². The van der Waals surface area contributed by atoms with Crippen molar-refractivity contribution in [3.05, 3.63) is 35.4 Å². The van der Waals surface area contributed by atoms with Crippen LogP contribution in [0.3, 0.4) is 0 Å². The largest absolute Gasteiger partial charge is 0.460 e. The van der Waals surface area contributed by atoms with E-state index in [1.165, 1.54) is 12.1 Å². The molecule has 0 aliphatic heterocycles. The lowest BCUT2D eigenvalue weighted by atomic mass is 9.87. The van der Waals surface area contributed by atoms with Crippen LogP contribution < -0.4 is 0 Å². The van der Waals surface area contributed by atoms with Crippen LogP contribution >= 0.6 is 0 Å². The molecule has 0 heterocycles. The molecule has 1 aromatic rings. The van der Waals surface area contributed by atoms with Gasteiger partial charge in [0.25, 0.3) is 0 Å². The minimum absolute atomic E-state index is 0.430. The molecule has 0 amide bonds. The molecule has 0 radical (unpaired) electrons. The Balaban J connectivity index is 3.52. The molecule has 38 heavy (non-hydrogen) atoms. The van der Waals surface area contributed by atoms with Crippen LogP contribution in [0.2, 0.25) is 0 Å². The number of alkyl halides is 17. The van der Waals surface area contributed by atoms with Crippen molar-refractivity contribution in [1.29, 1.82) is 0 Å². The van der Waals surface area contributed by atoms with E-state index < -0.39 is 65.7 Å². The highest BCUT2D eigenvalue weighted by atomic mass is 19.4. The molecule has 0 bridgehead atoms. The maximum atomic E-state index is 14.3. The Morgan fingerprint density at radius 3 is 1.29 bits per heavy atom. The summed E-state index contributed by atoms with van der Waals surface area (Å²) in [6.07, 6.45) is -11.8. The molecule has 0 saturated carbocycles. The van der Waals surface area contributed by atoms with Crippen molar-refractivity contribution in [2.45, 2.75) is 79.9 Å². The zero-order chi connectivity index (χ0) is 30.4. The third kappa shape index (κ3) is 5.12. The smallest absolute Gasteiger partial charge is 0.377 e. The van der Waals surface area contributed by atoms with Crippen molar-refractivity contribution < 1.29 is 79.4 Å². The van der Waals surface area contributed by atoms with Crippen LogP contribution in [0.25, 0.3) is 0 Å². The third-order valence-corrected chi connectivity index (χ3v) is 5.40. The van der Waals surface area contributed by atoms with Crippen LogP contribution in [0, 0.1) is 0 Å². The number of rotatable bonds is 12. The first kappa shape index (κ1) is 34.0. The Hall–Kier alpha value is -2.01. The Bertz CT molecular complexity index is 934. The number of hydrogen-bond acceptors (Lipinski definition) is 1. The summed E-state index contributed by atoms with van der Waals surface area (Å²) in [6.45, 7) is 1.73. The maximum absolute atomic E-state index is 14.3. The Labute approximate surface area is 202 Å². The quantitative estimate of drug-likeness (QED) is 0.220. The lowest BCUT2D eigenvalue weighted by Gasteiger charge is -2.43. The van der Waals surface area contributed by atoms with Gasteiger partial charge in [0.15, 0.2) is 0 Å². The van der Waals surface area contributed by atoms with E-state index in [1.54, 1.807) is 6.92 Å². The second-order valence-corrected chi connectivity index (χ2v) is 8.07. The van der Waals surface area contributed by atoms with Crippen LogP contribution in [0.1, 0.15) is 37.0 Å². The SMILES string of the molecule is CCCc1ccc(C(CC(F)(F)C(F)(F)C(F)(F)C(F)(F)C(F)(F)C(F)(F)C(F)(F)C(F)(F)F)OC)cc1. The molecule has 0 aliphatic carbocycles. The molecule has 18 heteroatoms. The number of ether oxygens (including phenoxy) is 1. The fourth-order valence-electron chi connectivity index (χ4n) is 3.08. The third-order valence-electron chi connectivity index (χ3n) is 5.40. The summed E-state index contributed by atoms with van der Waals surface area (Å²) in [5.74, 6) is -56.5. The van der Waals surface area contributed by atoms with E-state index in [2.05, 4.69) is 4.74 Å². The van der Waals surface area contributed by atoms with Crippen LogP contribution in [-0.4, -0.2) is 54.7 Å². The number of aryl methyl sites for hydroxylation is 1. The van der Waals surface area contributed by atoms with E-state index in [0.29, 0.717) is 25.5 Å². The Morgan fingerprint density at radius 1 is 0.579 bits per heavy atom. The van der Waals surface area contributed by atoms with Crippen molar-refractivity contribution in [3.8, 4) is 0 Å². The normalized spacial score (nSPS) is 16.1. The van der Waals surface area contributed by atoms with Crippen LogP contribution in [-0.2, 0) is 11.2 Å². The monoisotopic (exact) mass is 596 g/mol. The minimum atomic E-state index is -8.64. The van der Waals surface area contributed by atoms with E-state index in [1.807, 2.05) is 0 Å². The lowest BCUT2D eigenvalue weighted by Crippen LogP contribution is -2.74. The number of methoxy groups -OCH3 is 1. The summed E-state index contributed by atoms with van der Waals surface area (Å²) in [5.41, 5.74) is 0.118. The fraction of sp³-hybridized carbons (Fsp3) is 0.700. The average molecular weight is 596 g/mol. The molecule has 0 saturated heterocycles. The van der Waals surface area contributed by atoms with Gasteiger partial charge in [0.05, 0.1) is 6.10 Å². The molecule has 1 atom stereocenters. The molecule has 1 rings (SSSR count). The van der Waals surface area contributed by atoms with E-state index in [-0.39, 0.29) is 0 Å². The first-order valence-corrected chi connectivity index (χ1v) is 10.0. The molecule has 0 aromatic heterocycles. The molecule has 0 fully saturated rings. The molecule has 1 nitrogen and oxygen atoms in total. The van der Waals surface area contributed by atoms with Gasteiger partial charge in [0.1, 0.15) is 0 Å². The van der Waals surface area contributed by atoms with Gasteiger partial charge < -0.3 is 4.74 Å². The van der Waals surface area contributed by atoms with Gasteiger partial charge in [-0.2, -0.15) is 74.6 Å². The van der Waals surface area contributed by atoms with Crippen molar-refractivity contribution >= 4 is 0 Å². The zero-order valence-corrected chi connectivity index (χ0v) is 18.8. The van der Waals surface area contributed by atoms with Crippen LogP contribution in [0.4, 0.5) is 74.6 Å². The van der Waals surface area contributed by atoms with Gasteiger partial charge in [-0.05, 0) is 17.5 Å². The molecular weight excluding hydrogens is 579 g/mol. The summed E-state index contributed by atoms with van der Waals surface area (Å²) < 4.78 is 232. The summed E-state index contributed by atoms with van der Waals surface area (Å²) in [5, 5.41) is 0. The van der Waals surface area contributed by atoms with Gasteiger partial charge in [-0.1, -0.05) is 37.6 Å². The number of benzene rings is 1. The van der Waals surface area contributed by atoms with E-state index in [9.17, 15) is 74.6 Å². The number of hydrogen-bond donors (Lipinski definition) is 0. The topological polar surface area (TPSA) is 9.23 Å². The molecule has 0 aliphatic rings. The van der Waals surface area contributed by atoms with Gasteiger partial charge in [-0.3, -0.25) is 0 Å². The minimum Gasteiger partial charge on any atom is -0.377 e. The van der Waals surface area contributed by atoms with Crippen molar-refractivity contribution in [3.63, 3.8) is 0 Å². The highest BCUT2D eigenvalue weighted by Gasteiger charge is 2.95. The van der Waals surface area contributed by atoms with Gasteiger partial charge in [-0.25, -0.2) is 0 Å². The first-order chi connectivity index (χ1) is 16.7. The van der Waals surface area contributed by atoms with Crippen molar-refractivity contribution in [2.24, 2.45) is 0 Å². The second-order valence-electron chi connectivity index (χ2n) is 8.07. The summed E-state index contributed by atoms with van der Waals surface area (Å²) in [7, 11) is 0.555. The van der Waals surface area contributed by atoms with Crippen LogP contribution in [0.15, 0.2) is 24.3 Å². The predicted octanol–water partition coefficient (Wildman–Crippen LogP) is 8.73. The molecule has 222 valence electrons. The highest BCUT2D eigenvalue weighted by molar-refractivity contribution is 5.25. The molecule has 0 N–H and O–H groups in total. The fourth-order valence-corrected chi connectivity index (χ4v) is 3.08. The van der Waals surface area contributed by atoms with Gasteiger partial charge in [-0.15, -0.1) is 0 Å². The summed E-state index contributed by atoms with van der Waals surface area (Å²) in [4.78, 5) is 0. The molecule has 1 aromatic carbocycles. The second kappa shape index (κ2) is 10.2. The molecule has 1 unspecified atom stereocenters. The van der Waals surface area contributed by atoms with Crippen molar-refractivity contribution in [2.75, 3.05) is 7.11 Å². The predicted molar refractivity (Wildman–Crippen MR) is 95.5 cm³/mol. The van der Waals surface area contributed by atoms with E-state index >= 15 is 0 Å². The Morgan fingerprint density at radius 2 is 0.947 bits per heavy atom. The highest BCUT2D eigenvalue weighted by Crippen LogP contribution is 2.64. The average Bonchev–Trinajstić information content (AvgIpc) is 2.76. The maximum Gasteiger partial charge on any atom is 0.460 e.